The van der Waals surface area contributed by atoms with E-state index in [0.29, 0.717) is 0 Å². The maximum atomic E-state index is 11.5. The molecule has 0 radical (unpaired) electrons. The first-order chi connectivity index (χ1) is 8.75. The maximum absolute atomic E-state index is 11.5. The third-order valence-corrected chi connectivity index (χ3v) is 2.86. The number of allylic oxidation sites excluding steroid dienone is 2. The topological polar surface area (TPSA) is 41.5 Å². The fraction of sp³-hybridized carbons (Fsp3) is 0.200. The second-order valence-corrected chi connectivity index (χ2v) is 4.38. The van der Waals surface area contributed by atoms with Crippen LogP contribution >= 0.6 is 0 Å². The van der Waals surface area contributed by atoms with Crippen LogP contribution in [0, 0.1) is 5.92 Å². The molecule has 3 nitrogen and oxygen atoms in total. The van der Waals surface area contributed by atoms with Crippen molar-refractivity contribution in [2.75, 3.05) is 0 Å². The molecule has 0 bridgehead atoms. The van der Waals surface area contributed by atoms with Gasteiger partial charge in [0.25, 0.3) is 0 Å². The summed E-state index contributed by atoms with van der Waals surface area (Å²) in [6, 6.07) is 9.92. The number of nitrogens with zero attached hydrogens (tertiary/aromatic N) is 1. The summed E-state index contributed by atoms with van der Waals surface area (Å²) < 4.78 is 0. The van der Waals surface area contributed by atoms with Gasteiger partial charge in [0.2, 0.25) is 5.91 Å². The molecule has 1 fully saturated rings. The van der Waals surface area contributed by atoms with Crippen LogP contribution in [-0.4, -0.2) is 12.1 Å². The van der Waals surface area contributed by atoms with E-state index in [1.54, 1.807) is 12.3 Å². The molecule has 0 atom stereocenters. The van der Waals surface area contributed by atoms with Crippen molar-refractivity contribution in [2.24, 2.45) is 11.0 Å². The fourth-order valence-electron chi connectivity index (χ4n) is 1.78. The lowest BCUT2D eigenvalue weighted by atomic mass is 9.81. The zero-order valence-corrected chi connectivity index (χ0v) is 10.2. The molecule has 0 heterocycles. The number of nitrogens with one attached hydrogen (secondary N) is 1. The minimum atomic E-state index is -0.0215. The molecule has 0 spiro atoms. The van der Waals surface area contributed by atoms with E-state index < -0.39 is 0 Å². The molecule has 1 amide bonds. The molecule has 92 valence electrons. The highest BCUT2D eigenvalue weighted by Crippen LogP contribution is 2.31. The van der Waals surface area contributed by atoms with Gasteiger partial charge in [0, 0.05) is 12.1 Å². The summed E-state index contributed by atoms with van der Waals surface area (Å²) >= 11 is 0. The van der Waals surface area contributed by atoms with Gasteiger partial charge in [-0.05, 0) is 24.5 Å². The third-order valence-electron chi connectivity index (χ3n) is 2.86. The van der Waals surface area contributed by atoms with Gasteiger partial charge in [-0.2, -0.15) is 5.10 Å². The van der Waals surface area contributed by atoms with Crippen molar-refractivity contribution in [1.82, 2.24) is 5.43 Å². The van der Waals surface area contributed by atoms with Crippen molar-refractivity contribution >= 4 is 18.2 Å². The Morgan fingerprint density at radius 1 is 1.33 bits per heavy atom. The van der Waals surface area contributed by atoms with Crippen molar-refractivity contribution in [3.8, 4) is 0 Å². The predicted molar refractivity (Wildman–Crippen MR) is 74.0 cm³/mol. The molecule has 0 aromatic heterocycles. The number of hydrogen-bond acceptors (Lipinski definition) is 2. The van der Waals surface area contributed by atoms with E-state index >= 15 is 0 Å². The van der Waals surface area contributed by atoms with E-state index in [1.807, 2.05) is 36.4 Å². The van der Waals surface area contributed by atoms with Crippen molar-refractivity contribution in [1.29, 1.82) is 0 Å². The Morgan fingerprint density at radius 2 is 2.06 bits per heavy atom. The average Bonchev–Trinajstić information content (AvgIpc) is 2.35. The number of hydrazone groups is 1. The molecule has 1 aromatic carbocycles. The normalized spacial score (nSPS) is 16.1. The van der Waals surface area contributed by atoms with Crippen LogP contribution in [0.1, 0.15) is 18.4 Å². The standard InChI is InChI=1S/C15H16N2O/c1-12-10-14(11-12)15(18)17-16-9-5-8-13-6-3-2-4-7-13/h2-9,14H,1,10-11H2,(H,17,18)/b8-5+,16-9-. The number of rotatable bonds is 4. The van der Waals surface area contributed by atoms with E-state index in [-0.39, 0.29) is 11.8 Å². The monoisotopic (exact) mass is 240 g/mol. The molecule has 1 saturated carbocycles. The van der Waals surface area contributed by atoms with Gasteiger partial charge in [-0.3, -0.25) is 4.79 Å². The van der Waals surface area contributed by atoms with Gasteiger partial charge in [0.05, 0.1) is 0 Å². The molecule has 0 aliphatic heterocycles. The van der Waals surface area contributed by atoms with Crippen LogP contribution in [-0.2, 0) is 4.79 Å². The molecular formula is C15H16N2O. The van der Waals surface area contributed by atoms with Gasteiger partial charge >= 0.3 is 0 Å². The van der Waals surface area contributed by atoms with Crippen molar-refractivity contribution in [2.45, 2.75) is 12.8 Å². The Bertz CT molecular complexity index is 480. The zero-order valence-electron chi connectivity index (χ0n) is 10.2. The molecule has 3 heteroatoms. The summed E-state index contributed by atoms with van der Waals surface area (Å²) in [5.74, 6) is 0.0412. The van der Waals surface area contributed by atoms with E-state index in [9.17, 15) is 4.79 Å². The lowest BCUT2D eigenvalue weighted by Crippen LogP contribution is -2.32. The van der Waals surface area contributed by atoms with Gasteiger partial charge in [-0.25, -0.2) is 5.43 Å². The first-order valence-corrected chi connectivity index (χ1v) is 5.97. The summed E-state index contributed by atoms with van der Waals surface area (Å²) in [5, 5.41) is 3.87. The largest absolute Gasteiger partial charge is 0.273 e. The van der Waals surface area contributed by atoms with Gasteiger partial charge < -0.3 is 0 Å². The first-order valence-electron chi connectivity index (χ1n) is 5.97. The van der Waals surface area contributed by atoms with Gasteiger partial charge in [0.15, 0.2) is 0 Å². The van der Waals surface area contributed by atoms with Crippen LogP contribution in [0.2, 0.25) is 0 Å². The summed E-state index contributed by atoms with van der Waals surface area (Å²) in [6.07, 6.45) is 6.90. The molecule has 2 rings (SSSR count). The summed E-state index contributed by atoms with van der Waals surface area (Å²) in [5.41, 5.74) is 4.77. The molecular weight excluding hydrogens is 224 g/mol. The second kappa shape index (κ2) is 5.96. The quantitative estimate of drug-likeness (QED) is 0.491. The molecule has 0 saturated heterocycles. The molecule has 1 N–H and O–H groups in total. The molecule has 1 aliphatic carbocycles. The molecule has 1 aromatic rings. The minimum Gasteiger partial charge on any atom is -0.273 e. The van der Waals surface area contributed by atoms with Crippen molar-refractivity contribution in [3.05, 3.63) is 54.1 Å². The van der Waals surface area contributed by atoms with Crippen LogP contribution in [0.15, 0.2) is 53.7 Å². The number of benzene rings is 1. The van der Waals surface area contributed by atoms with E-state index in [0.717, 1.165) is 24.0 Å². The van der Waals surface area contributed by atoms with Crippen LogP contribution in [0.3, 0.4) is 0 Å². The number of amides is 1. The van der Waals surface area contributed by atoms with E-state index in [2.05, 4.69) is 17.1 Å². The summed E-state index contributed by atoms with van der Waals surface area (Å²) in [7, 11) is 0. The van der Waals surface area contributed by atoms with Crippen LogP contribution in [0.4, 0.5) is 0 Å². The third kappa shape index (κ3) is 3.42. The lowest BCUT2D eigenvalue weighted by molar-refractivity contribution is -0.126. The Kier molecular flexibility index (Phi) is 4.07. The lowest BCUT2D eigenvalue weighted by Gasteiger charge is -2.25. The Balaban J connectivity index is 1.73. The smallest absolute Gasteiger partial charge is 0.243 e. The van der Waals surface area contributed by atoms with Gasteiger partial charge in [-0.1, -0.05) is 48.6 Å². The molecule has 1 aliphatic rings. The second-order valence-electron chi connectivity index (χ2n) is 4.38. The molecule has 0 unspecified atom stereocenters. The summed E-state index contributed by atoms with van der Waals surface area (Å²) in [4.78, 5) is 11.5. The van der Waals surface area contributed by atoms with Crippen LogP contribution in [0.25, 0.3) is 6.08 Å². The highest BCUT2D eigenvalue weighted by Gasteiger charge is 2.27. The average molecular weight is 240 g/mol. The fourth-order valence-corrected chi connectivity index (χ4v) is 1.78. The van der Waals surface area contributed by atoms with Gasteiger partial charge in [-0.15, -0.1) is 0 Å². The first kappa shape index (κ1) is 12.3. The van der Waals surface area contributed by atoms with E-state index in [4.69, 9.17) is 0 Å². The van der Waals surface area contributed by atoms with Crippen molar-refractivity contribution < 1.29 is 4.79 Å². The Morgan fingerprint density at radius 3 is 2.72 bits per heavy atom. The summed E-state index contributed by atoms with van der Waals surface area (Å²) in [6.45, 7) is 3.81. The predicted octanol–water partition coefficient (Wildman–Crippen LogP) is 2.77. The Hall–Kier alpha value is -2.16. The van der Waals surface area contributed by atoms with Crippen LogP contribution in [0.5, 0.6) is 0 Å². The number of carbonyl (C=O) groups excluding carboxylic acids is 1. The maximum Gasteiger partial charge on any atom is 0.243 e. The highest BCUT2D eigenvalue weighted by molar-refractivity contribution is 5.83. The number of carbonyl (C=O) groups is 1. The SMILES string of the molecule is C=C1CC(C(=O)N/N=C\C=C\c2ccccc2)C1. The van der Waals surface area contributed by atoms with E-state index in [1.165, 1.54) is 0 Å². The molecule has 18 heavy (non-hydrogen) atoms. The van der Waals surface area contributed by atoms with Gasteiger partial charge in [0.1, 0.15) is 0 Å². The number of hydrogen-bond donors (Lipinski definition) is 1. The Labute approximate surface area is 107 Å². The van der Waals surface area contributed by atoms with Crippen LogP contribution < -0.4 is 5.43 Å². The highest BCUT2D eigenvalue weighted by atomic mass is 16.2. The van der Waals surface area contributed by atoms with Crippen molar-refractivity contribution in [3.63, 3.8) is 0 Å². The zero-order chi connectivity index (χ0) is 12.8. The minimum absolute atomic E-state index is 0.0215.